The first-order chi connectivity index (χ1) is 10.1. The van der Waals surface area contributed by atoms with Crippen LogP contribution in [0.3, 0.4) is 0 Å². The molecule has 4 heteroatoms. The molecule has 0 heterocycles. The Hall–Kier alpha value is -1.13. The van der Waals surface area contributed by atoms with Crippen molar-refractivity contribution in [2.24, 2.45) is 5.92 Å². The van der Waals surface area contributed by atoms with Crippen LogP contribution in [-0.4, -0.2) is 27.5 Å². The topological polar surface area (TPSA) is 35.5 Å². The molecule has 3 nitrogen and oxygen atoms in total. The minimum Gasteiger partial charge on any atom is -0.465 e. The SMILES string of the molecule is CC(=O)OC[C@@H](CO[Si](C)(C)C(C)(C)C)Cc1ccccc1. The molecule has 1 aromatic rings. The van der Waals surface area contributed by atoms with Gasteiger partial charge in [0.05, 0.1) is 6.61 Å². The van der Waals surface area contributed by atoms with E-state index in [-0.39, 0.29) is 16.9 Å². The Morgan fingerprint density at radius 1 is 1.14 bits per heavy atom. The third-order valence-corrected chi connectivity index (χ3v) is 8.88. The molecule has 0 fully saturated rings. The molecule has 0 aromatic heterocycles. The molecule has 22 heavy (non-hydrogen) atoms. The maximum absolute atomic E-state index is 11.1. The lowest BCUT2D eigenvalue weighted by atomic mass is 10.0. The molecule has 0 unspecified atom stereocenters. The second-order valence-electron chi connectivity index (χ2n) is 7.43. The summed E-state index contributed by atoms with van der Waals surface area (Å²) in [5.41, 5.74) is 1.25. The quantitative estimate of drug-likeness (QED) is 0.550. The van der Waals surface area contributed by atoms with E-state index in [1.807, 2.05) is 18.2 Å². The largest absolute Gasteiger partial charge is 0.465 e. The zero-order valence-corrected chi connectivity index (χ0v) is 15.8. The number of carbonyl (C=O) groups is 1. The van der Waals surface area contributed by atoms with Gasteiger partial charge in [0, 0.05) is 19.4 Å². The number of hydrogen-bond donors (Lipinski definition) is 0. The summed E-state index contributed by atoms with van der Waals surface area (Å²) in [7, 11) is -1.78. The van der Waals surface area contributed by atoms with Crippen molar-refractivity contribution in [1.29, 1.82) is 0 Å². The molecule has 0 saturated carbocycles. The fraction of sp³-hybridized carbons (Fsp3) is 0.611. The van der Waals surface area contributed by atoms with Gasteiger partial charge in [0.15, 0.2) is 8.32 Å². The van der Waals surface area contributed by atoms with Crippen molar-refractivity contribution < 1.29 is 14.0 Å². The Morgan fingerprint density at radius 3 is 2.23 bits per heavy atom. The Morgan fingerprint density at radius 2 is 1.73 bits per heavy atom. The summed E-state index contributed by atoms with van der Waals surface area (Å²) in [6, 6.07) is 10.3. The van der Waals surface area contributed by atoms with Crippen molar-refractivity contribution in [2.45, 2.75) is 52.2 Å². The van der Waals surface area contributed by atoms with Crippen LogP contribution in [0, 0.1) is 5.92 Å². The maximum atomic E-state index is 11.1. The van der Waals surface area contributed by atoms with E-state index in [0.717, 1.165) is 6.42 Å². The van der Waals surface area contributed by atoms with Crippen molar-refractivity contribution >= 4 is 14.3 Å². The van der Waals surface area contributed by atoms with E-state index >= 15 is 0 Å². The number of carbonyl (C=O) groups excluding carboxylic acids is 1. The number of esters is 1. The van der Waals surface area contributed by atoms with Gasteiger partial charge < -0.3 is 9.16 Å². The predicted molar refractivity (Wildman–Crippen MR) is 93.4 cm³/mol. The molecule has 0 bridgehead atoms. The van der Waals surface area contributed by atoms with E-state index in [1.165, 1.54) is 12.5 Å². The van der Waals surface area contributed by atoms with Gasteiger partial charge in [-0.1, -0.05) is 51.1 Å². The summed E-state index contributed by atoms with van der Waals surface area (Å²) < 4.78 is 11.5. The third-order valence-electron chi connectivity index (χ3n) is 4.38. The smallest absolute Gasteiger partial charge is 0.302 e. The zero-order valence-electron chi connectivity index (χ0n) is 14.8. The van der Waals surface area contributed by atoms with Gasteiger partial charge in [-0.15, -0.1) is 0 Å². The van der Waals surface area contributed by atoms with Crippen molar-refractivity contribution in [2.75, 3.05) is 13.2 Å². The van der Waals surface area contributed by atoms with Gasteiger partial charge in [-0.3, -0.25) is 4.79 Å². The highest BCUT2D eigenvalue weighted by molar-refractivity contribution is 6.74. The van der Waals surface area contributed by atoms with Crippen LogP contribution in [0.2, 0.25) is 18.1 Å². The van der Waals surface area contributed by atoms with Crippen molar-refractivity contribution in [3.63, 3.8) is 0 Å². The lowest BCUT2D eigenvalue weighted by molar-refractivity contribution is -0.142. The lowest BCUT2D eigenvalue weighted by Crippen LogP contribution is -2.42. The Bertz CT molecular complexity index is 463. The van der Waals surface area contributed by atoms with Gasteiger partial charge >= 0.3 is 5.97 Å². The van der Waals surface area contributed by atoms with Crippen molar-refractivity contribution in [3.05, 3.63) is 35.9 Å². The average Bonchev–Trinajstić information content (AvgIpc) is 2.41. The molecule has 0 saturated heterocycles. The fourth-order valence-electron chi connectivity index (χ4n) is 1.89. The highest BCUT2D eigenvalue weighted by Gasteiger charge is 2.37. The minimum absolute atomic E-state index is 0.186. The van der Waals surface area contributed by atoms with Crippen LogP contribution in [0.25, 0.3) is 0 Å². The Labute approximate surface area is 136 Å². The molecule has 124 valence electrons. The van der Waals surface area contributed by atoms with Gasteiger partial charge in [-0.25, -0.2) is 0 Å². The molecule has 0 aliphatic rings. The zero-order chi connectivity index (χ0) is 16.8. The standard InChI is InChI=1S/C18H30O3Si/c1-15(19)20-13-17(12-16-10-8-7-9-11-16)14-21-22(5,6)18(2,3)4/h7-11,17H,12-14H2,1-6H3/t17-/m0/s1. The van der Waals surface area contributed by atoms with E-state index < -0.39 is 8.32 Å². The summed E-state index contributed by atoms with van der Waals surface area (Å²) >= 11 is 0. The molecule has 1 rings (SSSR count). The predicted octanol–water partition coefficient (Wildman–Crippen LogP) is 4.43. The Kier molecular flexibility index (Phi) is 6.82. The first-order valence-electron chi connectivity index (χ1n) is 7.93. The summed E-state index contributed by atoms with van der Waals surface area (Å²) in [5, 5.41) is 0.186. The molecule has 0 N–H and O–H groups in total. The van der Waals surface area contributed by atoms with E-state index in [2.05, 4.69) is 46.0 Å². The van der Waals surface area contributed by atoms with Gasteiger partial charge in [0.1, 0.15) is 0 Å². The van der Waals surface area contributed by atoms with Crippen LogP contribution >= 0.6 is 0 Å². The van der Waals surface area contributed by atoms with E-state index in [1.54, 1.807) is 0 Å². The lowest BCUT2D eigenvalue weighted by Gasteiger charge is -2.37. The van der Waals surface area contributed by atoms with Gasteiger partial charge in [-0.2, -0.15) is 0 Å². The molecule has 1 atom stereocenters. The van der Waals surface area contributed by atoms with Gasteiger partial charge in [0.25, 0.3) is 0 Å². The molecular weight excluding hydrogens is 292 g/mol. The van der Waals surface area contributed by atoms with Crippen LogP contribution < -0.4 is 0 Å². The van der Waals surface area contributed by atoms with Gasteiger partial charge in [0.2, 0.25) is 0 Å². The van der Waals surface area contributed by atoms with Crippen molar-refractivity contribution in [1.82, 2.24) is 0 Å². The van der Waals surface area contributed by atoms with Crippen LogP contribution in [0.4, 0.5) is 0 Å². The second-order valence-corrected chi connectivity index (χ2v) is 12.2. The number of ether oxygens (including phenoxy) is 1. The number of benzene rings is 1. The highest BCUT2D eigenvalue weighted by atomic mass is 28.4. The van der Waals surface area contributed by atoms with Gasteiger partial charge in [-0.05, 0) is 30.1 Å². The number of rotatable bonds is 7. The van der Waals surface area contributed by atoms with Crippen molar-refractivity contribution in [3.8, 4) is 0 Å². The Balaban J connectivity index is 2.68. The van der Waals surface area contributed by atoms with Crippen LogP contribution in [0.1, 0.15) is 33.3 Å². The fourth-order valence-corrected chi connectivity index (χ4v) is 2.98. The van der Waals surface area contributed by atoms with Crippen LogP contribution in [0.5, 0.6) is 0 Å². The summed E-state index contributed by atoms with van der Waals surface area (Å²) in [6.45, 7) is 13.7. The molecule has 0 radical (unpaired) electrons. The third kappa shape index (κ3) is 6.32. The molecule has 0 aliphatic heterocycles. The first-order valence-corrected chi connectivity index (χ1v) is 10.8. The maximum Gasteiger partial charge on any atom is 0.302 e. The molecule has 0 spiro atoms. The summed E-state index contributed by atoms with van der Waals surface area (Å²) in [4.78, 5) is 11.1. The molecule has 0 aliphatic carbocycles. The minimum atomic E-state index is -1.78. The highest BCUT2D eigenvalue weighted by Crippen LogP contribution is 2.36. The first kappa shape index (κ1) is 18.9. The molecular formula is C18H30O3Si. The summed E-state index contributed by atoms with van der Waals surface area (Å²) in [5.74, 6) is -0.0363. The normalized spacial score (nSPS) is 13.7. The van der Waals surface area contributed by atoms with Crippen LogP contribution in [0.15, 0.2) is 30.3 Å². The molecule has 1 aromatic carbocycles. The average molecular weight is 323 g/mol. The van der Waals surface area contributed by atoms with E-state index in [4.69, 9.17) is 9.16 Å². The number of hydrogen-bond acceptors (Lipinski definition) is 3. The van der Waals surface area contributed by atoms with E-state index in [9.17, 15) is 4.79 Å². The van der Waals surface area contributed by atoms with Crippen LogP contribution in [-0.2, 0) is 20.4 Å². The monoisotopic (exact) mass is 322 g/mol. The summed E-state index contributed by atoms with van der Waals surface area (Å²) in [6.07, 6.45) is 0.864. The molecule has 0 amide bonds. The van der Waals surface area contributed by atoms with E-state index in [0.29, 0.717) is 13.2 Å². The second kappa shape index (κ2) is 7.93.